The molecule has 1 aliphatic heterocycles. The third-order valence-corrected chi connectivity index (χ3v) is 3.37. The lowest BCUT2D eigenvalue weighted by Gasteiger charge is -2.21. The maximum absolute atomic E-state index is 12.6. The molecular weight excluding hydrogens is 254 g/mol. The van der Waals surface area contributed by atoms with E-state index in [0.29, 0.717) is 17.9 Å². The number of anilines is 1. The van der Waals surface area contributed by atoms with E-state index < -0.39 is 0 Å². The fraction of sp³-hybridized carbons (Fsp3) is 0.267. The lowest BCUT2D eigenvalue weighted by molar-refractivity contribution is 0.0988. The zero-order valence-corrected chi connectivity index (χ0v) is 11.7. The minimum atomic E-state index is -0.110. The smallest absolute Gasteiger partial charge is 0.263 e. The molecule has 1 aliphatic rings. The molecule has 20 heavy (non-hydrogen) atoms. The van der Waals surface area contributed by atoms with E-state index in [-0.39, 0.29) is 11.8 Å². The van der Waals surface area contributed by atoms with Gasteiger partial charge in [-0.15, -0.1) is 5.10 Å². The van der Waals surface area contributed by atoms with Crippen LogP contribution >= 0.6 is 0 Å². The fourth-order valence-corrected chi connectivity index (χ4v) is 2.49. The molecule has 5 nitrogen and oxygen atoms in total. The summed E-state index contributed by atoms with van der Waals surface area (Å²) in [4.78, 5) is 14.3. The molecule has 3 rings (SSSR count). The number of amides is 1. The van der Waals surface area contributed by atoms with Gasteiger partial charge in [-0.3, -0.25) is 4.79 Å². The van der Waals surface area contributed by atoms with Gasteiger partial charge >= 0.3 is 0 Å². The topological polar surface area (TPSA) is 55.3 Å². The van der Waals surface area contributed by atoms with E-state index in [9.17, 15) is 4.79 Å². The van der Waals surface area contributed by atoms with Crippen LogP contribution in [0.1, 0.15) is 28.4 Å². The van der Waals surface area contributed by atoms with Crippen LogP contribution in [0.15, 0.2) is 24.4 Å². The van der Waals surface area contributed by atoms with Gasteiger partial charge in [0, 0.05) is 6.54 Å². The first-order valence-corrected chi connectivity index (χ1v) is 6.54. The summed E-state index contributed by atoms with van der Waals surface area (Å²) in [5.74, 6) is 0.827. The maximum atomic E-state index is 12.6. The second-order valence-electron chi connectivity index (χ2n) is 4.83. The highest BCUT2D eigenvalue weighted by molar-refractivity contribution is 6.09. The summed E-state index contributed by atoms with van der Waals surface area (Å²) in [5, 5.41) is 7.74. The Morgan fingerprint density at radius 3 is 2.85 bits per heavy atom. The first-order chi connectivity index (χ1) is 9.61. The molecule has 1 amide bonds. The number of ether oxygens (including phenoxy) is 1. The number of hydrogen-bond acceptors (Lipinski definition) is 4. The van der Waals surface area contributed by atoms with Gasteiger partial charge in [0.25, 0.3) is 11.8 Å². The highest BCUT2D eigenvalue weighted by Crippen LogP contribution is 2.40. The molecule has 0 aliphatic carbocycles. The predicted molar refractivity (Wildman–Crippen MR) is 75.4 cm³/mol. The molecule has 0 bridgehead atoms. The Morgan fingerprint density at radius 1 is 1.30 bits per heavy atom. The molecule has 0 saturated heterocycles. The number of rotatable bonds is 1. The first-order valence-electron chi connectivity index (χ1n) is 6.54. The highest BCUT2D eigenvalue weighted by atomic mass is 16.5. The van der Waals surface area contributed by atoms with Gasteiger partial charge < -0.3 is 9.64 Å². The van der Waals surface area contributed by atoms with Gasteiger partial charge in [0.15, 0.2) is 5.75 Å². The van der Waals surface area contributed by atoms with Crippen molar-refractivity contribution in [1.82, 2.24) is 10.2 Å². The minimum Gasteiger partial charge on any atom is -0.434 e. The van der Waals surface area contributed by atoms with E-state index in [1.54, 1.807) is 11.0 Å². The molecule has 2 aromatic rings. The van der Waals surface area contributed by atoms with Gasteiger partial charge in [-0.2, -0.15) is 5.10 Å². The summed E-state index contributed by atoms with van der Waals surface area (Å²) < 4.78 is 5.85. The van der Waals surface area contributed by atoms with Crippen LogP contribution in [0.4, 0.5) is 5.69 Å². The van der Waals surface area contributed by atoms with Crippen LogP contribution in [0.2, 0.25) is 0 Å². The molecule has 0 spiro atoms. The first kappa shape index (κ1) is 12.6. The summed E-state index contributed by atoms with van der Waals surface area (Å²) in [5.41, 5.74) is 3.29. The largest absolute Gasteiger partial charge is 0.434 e. The van der Waals surface area contributed by atoms with Crippen molar-refractivity contribution in [3.8, 4) is 11.6 Å². The monoisotopic (exact) mass is 269 g/mol. The average Bonchev–Trinajstić information content (AvgIpc) is 2.54. The van der Waals surface area contributed by atoms with Gasteiger partial charge in [0.05, 0.1) is 11.9 Å². The second kappa shape index (κ2) is 4.59. The van der Waals surface area contributed by atoms with Gasteiger partial charge in [-0.05, 0) is 44.0 Å². The summed E-state index contributed by atoms with van der Waals surface area (Å²) in [6.45, 7) is 6.48. The summed E-state index contributed by atoms with van der Waals surface area (Å²) in [6, 6.07) is 5.63. The summed E-state index contributed by atoms with van der Waals surface area (Å²) >= 11 is 0. The summed E-state index contributed by atoms with van der Waals surface area (Å²) in [6.07, 6.45) is 1.50. The van der Waals surface area contributed by atoms with Crippen molar-refractivity contribution in [3.63, 3.8) is 0 Å². The van der Waals surface area contributed by atoms with Crippen LogP contribution in [-0.2, 0) is 0 Å². The number of benzene rings is 1. The predicted octanol–water partition coefficient (Wildman–Crippen LogP) is 2.87. The Labute approximate surface area is 117 Å². The van der Waals surface area contributed by atoms with E-state index in [2.05, 4.69) is 10.2 Å². The Bertz CT molecular complexity index is 698. The molecule has 1 aromatic heterocycles. The molecular formula is C15H15N3O2. The lowest BCUT2D eigenvalue weighted by atomic mass is 10.1. The molecule has 0 atom stereocenters. The van der Waals surface area contributed by atoms with E-state index >= 15 is 0 Å². The van der Waals surface area contributed by atoms with Gasteiger partial charge in [-0.1, -0.05) is 6.07 Å². The van der Waals surface area contributed by atoms with E-state index in [1.165, 1.54) is 6.20 Å². The Kier molecular flexibility index (Phi) is 2.89. The number of carbonyl (C=O) groups is 1. The molecule has 5 heteroatoms. The molecule has 1 aromatic carbocycles. The normalized spacial score (nSPS) is 13.3. The number of nitrogens with zero attached hydrogens (tertiary/aromatic N) is 3. The highest BCUT2D eigenvalue weighted by Gasteiger charge is 2.29. The van der Waals surface area contributed by atoms with Gasteiger partial charge in [0.2, 0.25) is 0 Å². The van der Waals surface area contributed by atoms with Crippen LogP contribution in [0, 0.1) is 13.8 Å². The van der Waals surface area contributed by atoms with Crippen molar-refractivity contribution in [2.75, 3.05) is 11.4 Å². The Balaban J connectivity index is 2.29. The Morgan fingerprint density at radius 2 is 2.10 bits per heavy atom. The lowest BCUT2D eigenvalue weighted by Crippen LogP contribution is -2.30. The van der Waals surface area contributed by atoms with Crippen molar-refractivity contribution in [2.45, 2.75) is 20.8 Å². The van der Waals surface area contributed by atoms with Crippen LogP contribution in [0.5, 0.6) is 11.6 Å². The zero-order valence-electron chi connectivity index (χ0n) is 11.7. The van der Waals surface area contributed by atoms with Crippen LogP contribution in [0.3, 0.4) is 0 Å². The molecule has 0 radical (unpaired) electrons. The quantitative estimate of drug-likeness (QED) is 0.798. The van der Waals surface area contributed by atoms with Gasteiger partial charge in [-0.25, -0.2) is 0 Å². The summed E-state index contributed by atoms with van der Waals surface area (Å²) in [7, 11) is 0. The third kappa shape index (κ3) is 1.82. The molecule has 2 heterocycles. The van der Waals surface area contributed by atoms with Crippen molar-refractivity contribution in [2.24, 2.45) is 0 Å². The number of hydrogen-bond donors (Lipinski definition) is 0. The van der Waals surface area contributed by atoms with Crippen LogP contribution < -0.4 is 9.64 Å². The zero-order chi connectivity index (χ0) is 14.3. The maximum Gasteiger partial charge on any atom is 0.263 e. The standard InChI is InChI=1S/C15H15N3O2/c1-4-18-12-8-9(2)7-10(3)13(12)20-14-11(15(18)19)5-6-16-17-14/h5-8H,4H2,1-3H3. The van der Waals surface area contributed by atoms with Crippen molar-refractivity contribution in [3.05, 3.63) is 41.1 Å². The number of aromatic nitrogens is 2. The molecule has 0 saturated carbocycles. The van der Waals surface area contributed by atoms with E-state index in [0.717, 1.165) is 16.8 Å². The average molecular weight is 269 g/mol. The Hall–Kier alpha value is -2.43. The minimum absolute atomic E-state index is 0.110. The molecule has 0 unspecified atom stereocenters. The molecule has 0 fully saturated rings. The van der Waals surface area contributed by atoms with E-state index in [1.807, 2.05) is 32.9 Å². The number of fused-ring (bicyclic) bond motifs is 2. The van der Waals surface area contributed by atoms with Crippen molar-refractivity contribution in [1.29, 1.82) is 0 Å². The van der Waals surface area contributed by atoms with Crippen molar-refractivity contribution >= 4 is 11.6 Å². The van der Waals surface area contributed by atoms with E-state index in [4.69, 9.17) is 4.74 Å². The second-order valence-corrected chi connectivity index (χ2v) is 4.83. The molecule has 0 N–H and O–H groups in total. The fourth-order valence-electron chi connectivity index (χ4n) is 2.49. The van der Waals surface area contributed by atoms with Crippen LogP contribution in [0.25, 0.3) is 0 Å². The van der Waals surface area contributed by atoms with Crippen molar-refractivity contribution < 1.29 is 9.53 Å². The van der Waals surface area contributed by atoms with Crippen LogP contribution in [-0.4, -0.2) is 22.6 Å². The third-order valence-electron chi connectivity index (χ3n) is 3.37. The SMILES string of the molecule is CCN1C(=O)c2ccnnc2Oc2c(C)cc(C)cc21. The molecule has 102 valence electrons. The number of aryl methyl sites for hydroxylation is 2. The number of carbonyl (C=O) groups excluding carboxylic acids is 1. The van der Waals surface area contributed by atoms with Gasteiger partial charge in [0.1, 0.15) is 5.56 Å².